The summed E-state index contributed by atoms with van der Waals surface area (Å²) in [6.45, 7) is 9.01. The normalized spacial score (nSPS) is 11.0. The van der Waals surface area contributed by atoms with E-state index in [1.54, 1.807) is 6.20 Å². The third-order valence-corrected chi connectivity index (χ3v) is 5.11. The van der Waals surface area contributed by atoms with Gasteiger partial charge in [-0.2, -0.15) is 10.2 Å². The molecule has 1 aromatic carbocycles. The lowest BCUT2D eigenvalue weighted by molar-refractivity contribution is 0.0950. The molecule has 7 nitrogen and oxygen atoms in total. The van der Waals surface area contributed by atoms with E-state index in [1.165, 1.54) is 0 Å². The predicted molar refractivity (Wildman–Crippen MR) is 119 cm³/mol. The highest BCUT2D eigenvalue weighted by Crippen LogP contribution is 2.12. The molecular formula is C24H26N6O. The quantitative estimate of drug-likeness (QED) is 0.522. The lowest BCUT2D eigenvalue weighted by atomic mass is 10.1. The molecule has 31 heavy (non-hydrogen) atoms. The molecule has 4 rings (SSSR count). The van der Waals surface area contributed by atoms with E-state index in [0.717, 1.165) is 39.7 Å². The van der Waals surface area contributed by atoms with E-state index in [-0.39, 0.29) is 5.91 Å². The maximum absolute atomic E-state index is 12.7. The summed E-state index contributed by atoms with van der Waals surface area (Å²) in [4.78, 5) is 17.1. The lowest BCUT2D eigenvalue weighted by Gasteiger charge is -2.09. The highest BCUT2D eigenvalue weighted by Gasteiger charge is 2.09. The number of hydrogen-bond acceptors (Lipinski definition) is 4. The molecule has 7 heteroatoms. The first-order chi connectivity index (χ1) is 14.9. The molecule has 0 atom stereocenters. The molecule has 0 saturated carbocycles. The zero-order valence-electron chi connectivity index (χ0n) is 18.3. The molecule has 0 aliphatic carbocycles. The van der Waals surface area contributed by atoms with Crippen LogP contribution < -0.4 is 5.32 Å². The van der Waals surface area contributed by atoms with Crippen LogP contribution in [-0.4, -0.2) is 30.5 Å². The summed E-state index contributed by atoms with van der Waals surface area (Å²) in [6.07, 6.45) is 1.77. The van der Waals surface area contributed by atoms with Crippen molar-refractivity contribution in [1.29, 1.82) is 0 Å². The summed E-state index contributed by atoms with van der Waals surface area (Å²) in [5, 5.41) is 11.9. The van der Waals surface area contributed by atoms with Crippen molar-refractivity contribution >= 4 is 5.91 Å². The molecule has 158 valence electrons. The van der Waals surface area contributed by atoms with E-state index in [4.69, 9.17) is 0 Å². The molecule has 0 saturated heterocycles. The summed E-state index contributed by atoms with van der Waals surface area (Å²) in [7, 11) is 0. The second-order valence-electron chi connectivity index (χ2n) is 7.83. The van der Waals surface area contributed by atoms with Crippen LogP contribution in [0.2, 0.25) is 0 Å². The van der Waals surface area contributed by atoms with Gasteiger partial charge in [-0.25, -0.2) is 9.67 Å². The highest BCUT2D eigenvalue weighted by atomic mass is 16.1. The van der Waals surface area contributed by atoms with Crippen molar-refractivity contribution in [2.45, 2.75) is 40.8 Å². The van der Waals surface area contributed by atoms with Gasteiger partial charge in [0.05, 0.1) is 17.9 Å². The lowest BCUT2D eigenvalue weighted by Crippen LogP contribution is -2.23. The van der Waals surface area contributed by atoms with Crippen molar-refractivity contribution in [3.63, 3.8) is 0 Å². The van der Waals surface area contributed by atoms with Gasteiger partial charge in [0, 0.05) is 29.7 Å². The second-order valence-corrected chi connectivity index (χ2v) is 7.83. The minimum absolute atomic E-state index is 0.113. The van der Waals surface area contributed by atoms with Gasteiger partial charge in [0.1, 0.15) is 0 Å². The van der Waals surface area contributed by atoms with Crippen molar-refractivity contribution in [3.05, 3.63) is 94.2 Å². The number of nitrogens with one attached hydrogen (secondary N) is 1. The first-order valence-corrected chi connectivity index (χ1v) is 10.3. The van der Waals surface area contributed by atoms with Gasteiger partial charge in [0.25, 0.3) is 5.91 Å². The van der Waals surface area contributed by atoms with Gasteiger partial charge in [0.2, 0.25) is 0 Å². The zero-order chi connectivity index (χ0) is 22.0. The van der Waals surface area contributed by atoms with Gasteiger partial charge in [0.15, 0.2) is 5.82 Å². The van der Waals surface area contributed by atoms with Crippen LogP contribution in [0.1, 0.15) is 44.3 Å². The molecule has 0 bridgehead atoms. The maximum atomic E-state index is 12.7. The number of carbonyl (C=O) groups excluding carboxylic acids is 1. The Labute approximate surface area is 181 Å². The summed E-state index contributed by atoms with van der Waals surface area (Å²) >= 11 is 0. The minimum atomic E-state index is -0.113. The fourth-order valence-electron chi connectivity index (χ4n) is 3.61. The molecule has 3 aromatic heterocycles. The zero-order valence-corrected chi connectivity index (χ0v) is 18.3. The predicted octanol–water partition coefficient (Wildman–Crippen LogP) is 3.68. The van der Waals surface area contributed by atoms with Crippen molar-refractivity contribution in [2.24, 2.45) is 0 Å². The molecule has 3 heterocycles. The van der Waals surface area contributed by atoms with Crippen LogP contribution in [0.25, 0.3) is 5.82 Å². The van der Waals surface area contributed by atoms with E-state index in [1.807, 2.05) is 85.6 Å². The van der Waals surface area contributed by atoms with Crippen molar-refractivity contribution in [1.82, 2.24) is 29.9 Å². The number of carbonyl (C=O) groups is 1. The number of hydrogen-bond donors (Lipinski definition) is 1. The summed E-state index contributed by atoms with van der Waals surface area (Å²) in [5.74, 6) is 0.648. The van der Waals surface area contributed by atoms with E-state index in [9.17, 15) is 4.79 Å². The van der Waals surface area contributed by atoms with Crippen molar-refractivity contribution in [2.75, 3.05) is 0 Å². The first kappa shape index (κ1) is 20.5. The van der Waals surface area contributed by atoms with Crippen molar-refractivity contribution in [3.8, 4) is 5.82 Å². The van der Waals surface area contributed by atoms with Gasteiger partial charge in [-0.05, 0) is 69.2 Å². The molecule has 0 fully saturated rings. The number of benzene rings is 1. The fraction of sp³-hybridized carbons (Fsp3) is 0.250. The van der Waals surface area contributed by atoms with Gasteiger partial charge in [-0.15, -0.1) is 0 Å². The third-order valence-electron chi connectivity index (χ3n) is 5.11. The van der Waals surface area contributed by atoms with Gasteiger partial charge < -0.3 is 5.32 Å². The Morgan fingerprint density at radius 2 is 1.68 bits per heavy atom. The van der Waals surface area contributed by atoms with Crippen molar-refractivity contribution < 1.29 is 4.79 Å². The Kier molecular flexibility index (Phi) is 5.66. The Morgan fingerprint density at radius 1 is 0.903 bits per heavy atom. The molecule has 1 N–H and O–H groups in total. The topological polar surface area (TPSA) is 77.6 Å². The number of aryl methyl sites for hydroxylation is 4. The monoisotopic (exact) mass is 414 g/mol. The van der Waals surface area contributed by atoms with Crippen LogP contribution in [0.15, 0.2) is 54.7 Å². The van der Waals surface area contributed by atoms with Crippen LogP contribution in [0.4, 0.5) is 0 Å². The number of nitrogens with zero attached hydrogens (tertiary/aromatic N) is 5. The number of aromatic nitrogens is 5. The summed E-state index contributed by atoms with van der Waals surface area (Å²) in [5.41, 5.74) is 6.67. The number of pyridine rings is 1. The molecule has 0 radical (unpaired) electrons. The molecule has 0 aliphatic heterocycles. The third kappa shape index (κ3) is 4.71. The fourth-order valence-corrected chi connectivity index (χ4v) is 3.61. The van der Waals surface area contributed by atoms with E-state index < -0.39 is 0 Å². The molecule has 1 amide bonds. The number of rotatable bonds is 6. The average Bonchev–Trinajstić information content (AvgIpc) is 3.26. The van der Waals surface area contributed by atoms with E-state index in [0.29, 0.717) is 18.7 Å². The average molecular weight is 415 g/mol. The minimum Gasteiger partial charge on any atom is -0.348 e. The molecule has 0 unspecified atom stereocenters. The van der Waals surface area contributed by atoms with E-state index >= 15 is 0 Å². The second kappa shape index (κ2) is 8.55. The summed E-state index contributed by atoms with van der Waals surface area (Å²) in [6, 6.07) is 15.6. The standard InChI is InChI=1S/C24H26N6O/c1-16-10-18(3)29(27-16)15-20-6-5-7-22(12-20)24(31)26-14-21-8-9-23(25-13-21)30-19(4)11-17(2)28-30/h5-13H,14-15H2,1-4H3,(H,26,31). The van der Waals surface area contributed by atoms with Crippen LogP contribution >= 0.6 is 0 Å². The smallest absolute Gasteiger partial charge is 0.251 e. The molecular weight excluding hydrogens is 388 g/mol. The van der Waals surface area contributed by atoms with Crippen LogP contribution in [-0.2, 0) is 13.1 Å². The van der Waals surface area contributed by atoms with Gasteiger partial charge in [-0.3, -0.25) is 9.48 Å². The Hall–Kier alpha value is -3.74. The van der Waals surface area contributed by atoms with Crippen LogP contribution in [0.3, 0.4) is 0 Å². The first-order valence-electron chi connectivity index (χ1n) is 10.3. The summed E-state index contributed by atoms with van der Waals surface area (Å²) < 4.78 is 3.76. The van der Waals surface area contributed by atoms with Crippen LogP contribution in [0.5, 0.6) is 0 Å². The highest BCUT2D eigenvalue weighted by molar-refractivity contribution is 5.94. The Balaban J connectivity index is 1.39. The molecule has 4 aromatic rings. The van der Waals surface area contributed by atoms with Gasteiger partial charge >= 0.3 is 0 Å². The SMILES string of the molecule is Cc1cc(C)n(Cc2cccc(C(=O)NCc3ccc(-n4nc(C)cc4C)nc3)c2)n1. The number of amides is 1. The molecule has 0 spiro atoms. The molecule has 0 aliphatic rings. The Morgan fingerprint density at radius 3 is 2.32 bits per heavy atom. The Bertz CT molecular complexity index is 1220. The van der Waals surface area contributed by atoms with Crippen LogP contribution in [0, 0.1) is 27.7 Å². The largest absolute Gasteiger partial charge is 0.348 e. The van der Waals surface area contributed by atoms with Gasteiger partial charge in [-0.1, -0.05) is 18.2 Å². The maximum Gasteiger partial charge on any atom is 0.251 e. The van der Waals surface area contributed by atoms with E-state index in [2.05, 4.69) is 20.5 Å².